The van der Waals surface area contributed by atoms with Crippen LogP contribution in [0.1, 0.15) is 10.4 Å². The number of anilines is 2. The molecule has 0 radical (unpaired) electrons. The number of para-hydroxylation sites is 1. The molecule has 4 rings (SSSR count). The standard InChI is InChI=1S/C16H12Cl2N4O/c1-21-8-22(14-11(17)3-2-4-12(14)18)16(23)10-7-20-15-9(13(10)21)5-6-19-15/h2-7H,8H2,1H3,(H,19,20). The second-order valence-corrected chi connectivity index (χ2v) is 6.22. The fourth-order valence-electron chi connectivity index (χ4n) is 2.97. The van der Waals surface area contributed by atoms with E-state index < -0.39 is 0 Å². The number of rotatable bonds is 1. The van der Waals surface area contributed by atoms with Crippen LogP contribution in [-0.4, -0.2) is 29.6 Å². The predicted octanol–water partition coefficient (Wildman–Crippen LogP) is 3.92. The average molecular weight is 347 g/mol. The maximum Gasteiger partial charge on any atom is 0.263 e. The van der Waals surface area contributed by atoms with Gasteiger partial charge in [0.05, 0.1) is 33.7 Å². The summed E-state index contributed by atoms with van der Waals surface area (Å²) >= 11 is 12.5. The molecule has 5 nitrogen and oxygen atoms in total. The first-order valence-electron chi connectivity index (χ1n) is 7.01. The summed E-state index contributed by atoms with van der Waals surface area (Å²) in [5.41, 5.74) is 2.67. The van der Waals surface area contributed by atoms with Crippen molar-refractivity contribution in [2.75, 3.05) is 23.5 Å². The highest BCUT2D eigenvalue weighted by Crippen LogP contribution is 2.39. The lowest BCUT2D eigenvalue weighted by Gasteiger charge is -2.36. The summed E-state index contributed by atoms with van der Waals surface area (Å²) in [7, 11) is 1.93. The smallest absolute Gasteiger partial charge is 0.263 e. The van der Waals surface area contributed by atoms with Crippen molar-refractivity contribution in [1.29, 1.82) is 0 Å². The van der Waals surface area contributed by atoms with E-state index in [1.54, 1.807) is 29.3 Å². The number of hydrogen-bond donors (Lipinski definition) is 1. The van der Waals surface area contributed by atoms with Gasteiger partial charge < -0.3 is 9.88 Å². The maximum absolute atomic E-state index is 13.0. The van der Waals surface area contributed by atoms with E-state index in [1.807, 2.05) is 24.2 Å². The third kappa shape index (κ3) is 2.08. The first kappa shape index (κ1) is 14.4. The number of aromatic amines is 1. The molecule has 1 aliphatic rings. The Bertz CT molecular complexity index is 917. The summed E-state index contributed by atoms with van der Waals surface area (Å²) in [5, 5.41) is 1.81. The third-order valence-corrected chi connectivity index (χ3v) is 4.59. The quantitative estimate of drug-likeness (QED) is 0.726. The second-order valence-electron chi connectivity index (χ2n) is 5.40. The maximum atomic E-state index is 13.0. The van der Waals surface area contributed by atoms with Crippen LogP contribution in [0.3, 0.4) is 0 Å². The van der Waals surface area contributed by atoms with Gasteiger partial charge in [-0.25, -0.2) is 4.98 Å². The van der Waals surface area contributed by atoms with Gasteiger partial charge in [0.25, 0.3) is 5.91 Å². The highest BCUT2D eigenvalue weighted by atomic mass is 35.5. The minimum Gasteiger partial charge on any atom is -0.355 e. The van der Waals surface area contributed by atoms with Crippen molar-refractivity contribution in [2.24, 2.45) is 0 Å². The Hall–Kier alpha value is -2.24. The van der Waals surface area contributed by atoms with Gasteiger partial charge in [0, 0.05) is 24.8 Å². The zero-order valence-corrected chi connectivity index (χ0v) is 13.7. The van der Waals surface area contributed by atoms with Crippen molar-refractivity contribution in [1.82, 2.24) is 9.97 Å². The van der Waals surface area contributed by atoms with Gasteiger partial charge in [-0.1, -0.05) is 29.3 Å². The highest BCUT2D eigenvalue weighted by molar-refractivity contribution is 6.40. The Labute approximate surface area is 142 Å². The Balaban J connectivity index is 1.90. The average Bonchev–Trinajstić information content (AvgIpc) is 2.99. The van der Waals surface area contributed by atoms with Crippen LogP contribution in [0, 0.1) is 0 Å². The molecule has 3 aromatic rings. The van der Waals surface area contributed by atoms with Crippen molar-refractivity contribution < 1.29 is 4.79 Å². The number of halogens is 2. The number of amides is 1. The molecule has 1 N–H and O–H groups in total. The molecule has 7 heteroatoms. The summed E-state index contributed by atoms with van der Waals surface area (Å²) < 4.78 is 0. The Morgan fingerprint density at radius 1 is 1.17 bits per heavy atom. The van der Waals surface area contributed by atoms with Gasteiger partial charge in [-0.15, -0.1) is 0 Å². The molecule has 3 heterocycles. The van der Waals surface area contributed by atoms with E-state index in [2.05, 4.69) is 9.97 Å². The highest BCUT2D eigenvalue weighted by Gasteiger charge is 2.32. The molecule has 1 amide bonds. The molecule has 116 valence electrons. The van der Waals surface area contributed by atoms with Crippen LogP contribution in [0.15, 0.2) is 36.7 Å². The summed E-state index contributed by atoms with van der Waals surface area (Å²) in [4.78, 5) is 23.9. The summed E-state index contributed by atoms with van der Waals surface area (Å²) in [5.74, 6) is -0.163. The van der Waals surface area contributed by atoms with E-state index in [9.17, 15) is 4.79 Å². The molecular formula is C16H12Cl2N4O. The Morgan fingerprint density at radius 3 is 2.65 bits per heavy atom. The van der Waals surface area contributed by atoms with Gasteiger partial charge >= 0.3 is 0 Å². The van der Waals surface area contributed by atoms with Gasteiger partial charge in [0.2, 0.25) is 0 Å². The van der Waals surface area contributed by atoms with E-state index >= 15 is 0 Å². The number of aromatic nitrogens is 2. The molecule has 0 aliphatic carbocycles. The van der Waals surface area contributed by atoms with Crippen molar-refractivity contribution in [3.05, 3.63) is 52.3 Å². The number of pyridine rings is 1. The largest absolute Gasteiger partial charge is 0.355 e. The topological polar surface area (TPSA) is 52.2 Å². The molecular weight excluding hydrogens is 335 g/mol. The van der Waals surface area contributed by atoms with Crippen LogP contribution in [0.2, 0.25) is 10.0 Å². The van der Waals surface area contributed by atoms with Crippen LogP contribution >= 0.6 is 23.2 Å². The molecule has 0 unspecified atom stereocenters. The lowest BCUT2D eigenvalue weighted by molar-refractivity contribution is 0.0983. The van der Waals surface area contributed by atoms with Crippen molar-refractivity contribution in [3.63, 3.8) is 0 Å². The molecule has 0 saturated heterocycles. The molecule has 1 aliphatic heterocycles. The van der Waals surface area contributed by atoms with Gasteiger partial charge in [-0.2, -0.15) is 0 Å². The van der Waals surface area contributed by atoms with Gasteiger partial charge in [0.1, 0.15) is 5.65 Å². The molecule has 0 fully saturated rings. The van der Waals surface area contributed by atoms with Crippen molar-refractivity contribution >= 4 is 51.5 Å². The SMILES string of the molecule is CN1CN(c2c(Cl)cccc2Cl)C(=O)c2cnc3[nH]ccc3c21. The zero-order valence-electron chi connectivity index (χ0n) is 12.2. The summed E-state index contributed by atoms with van der Waals surface area (Å²) in [6.45, 7) is 0.361. The number of nitrogens with zero attached hydrogens (tertiary/aromatic N) is 3. The fraction of sp³-hybridized carbons (Fsp3) is 0.125. The second kappa shape index (κ2) is 5.15. The number of fused-ring (bicyclic) bond motifs is 3. The third-order valence-electron chi connectivity index (χ3n) is 3.98. The number of H-pyrrole nitrogens is 1. The van der Waals surface area contributed by atoms with Gasteiger partial charge in [-0.05, 0) is 18.2 Å². The first-order chi connectivity index (χ1) is 11.1. The fourth-order valence-corrected chi connectivity index (χ4v) is 3.57. The van der Waals surface area contributed by atoms with E-state index in [-0.39, 0.29) is 5.91 Å². The first-order valence-corrected chi connectivity index (χ1v) is 7.76. The van der Waals surface area contributed by atoms with E-state index in [0.29, 0.717) is 28.0 Å². The Kier molecular flexibility index (Phi) is 3.21. The van der Waals surface area contributed by atoms with Crippen LogP contribution in [0.5, 0.6) is 0 Å². The number of hydrogen-bond acceptors (Lipinski definition) is 3. The lowest BCUT2D eigenvalue weighted by atomic mass is 10.1. The molecule has 0 atom stereocenters. The molecule has 0 spiro atoms. The molecule has 0 bridgehead atoms. The monoisotopic (exact) mass is 346 g/mol. The van der Waals surface area contributed by atoms with Crippen LogP contribution in [-0.2, 0) is 0 Å². The van der Waals surface area contributed by atoms with Gasteiger partial charge in [-0.3, -0.25) is 9.69 Å². The zero-order chi connectivity index (χ0) is 16.1. The number of carbonyl (C=O) groups excluding carboxylic acids is 1. The normalized spacial score (nSPS) is 14.5. The van der Waals surface area contributed by atoms with Gasteiger partial charge in [0.15, 0.2) is 0 Å². The van der Waals surface area contributed by atoms with Crippen LogP contribution in [0.25, 0.3) is 11.0 Å². The Morgan fingerprint density at radius 2 is 1.91 bits per heavy atom. The molecule has 23 heavy (non-hydrogen) atoms. The molecule has 2 aromatic heterocycles. The molecule has 0 saturated carbocycles. The van der Waals surface area contributed by atoms with Crippen molar-refractivity contribution in [3.8, 4) is 0 Å². The lowest BCUT2D eigenvalue weighted by Crippen LogP contribution is -2.45. The summed E-state index contributed by atoms with van der Waals surface area (Å²) in [6.07, 6.45) is 3.40. The van der Waals surface area contributed by atoms with E-state index in [0.717, 1.165) is 16.7 Å². The minimum absolute atomic E-state index is 0.163. The van der Waals surface area contributed by atoms with E-state index in [4.69, 9.17) is 23.2 Å². The predicted molar refractivity (Wildman–Crippen MR) is 92.6 cm³/mol. The van der Waals surface area contributed by atoms with Crippen LogP contribution < -0.4 is 9.80 Å². The number of benzene rings is 1. The molecule has 1 aromatic carbocycles. The minimum atomic E-state index is -0.163. The van der Waals surface area contributed by atoms with Crippen LogP contribution in [0.4, 0.5) is 11.4 Å². The summed E-state index contributed by atoms with van der Waals surface area (Å²) in [6, 6.07) is 7.12. The number of carbonyl (C=O) groups is 1. The number of nitrogens with one attached hydrogen (secondary N) is 1. The van der Waals surface area contributed by atoms with E-state index in [1.165, 1.54) is 0 Å². The van der Waals surface area contributed by atoms with Crippen molar-refractivity contribution in [2.45, 2.75) is 0 Å².